The number of nitrogens with two attached hydrogens (primary N) is 1. The number of carbonyl (C=O) groups excluding carboxylic acids is 2. The van der Waals surface area contributed by atoms with E-state index in [-0.39, 0.29) is 0 Å². The fourth-order valence-electron chi connectivity index (χ4n) is 0.222. The van der Waals surface area contributed by atoms with Gasteiger partial charge in [-0.3, -0.25) is 0 Å². The van der Waals surface area contributed by atoms with Crippen LogP contribution < -0.4 is 16.4 Å². The molecule has 0 bridgehead atoms. The predicted molar refractivity (Wildman–Crippen MR) is 59.7 cm³/mol. The average molecular weight is 222 g/mol. The van der Waals surface area contributed by atoms with Crippen LogP contribution in [-0.2, 0) is 4.74 Å². The molecule has 0 saturated carbocycles. The summed E-state index contributed by atoms with van der Waals surface area (Å²) >= 11 is 0. The van der Waals surface area contributed by atoms with Crippen molar-refractivity contribution in [1.29, 1.82) is 0 Å². The van der Waals surface area contributed by atoms with E-state index in [9.17, 15) is 9.59 Å². The Bertz CT molecular complexity index is 162. The maximum absolute atomic E-state index is 10.6. The third-order valence-electron chi connectivity index (χ3n) is 0.749. The normalized spacial score (nSPS) is 7.13. The van der Waals surface area contributed by atoms with Crippen LogP contribution in [0.2, 0.25) is 0 Å². The molecule has 0 unspecified atom stereocenters. The summed E-state index contributed by atoms with van der Waals surface area (Å²) in [5.41, 5.74) is 4.50. The summed E-state index contributed by atoms with van der Waals surface area (Å²) in [6.07, 6.45) is -1.43. The molecule has 15 heavy (non-hydrogen) atoms. The summed E-state index contributed by atoms with van der Waals surface area (Å²) in [4.78, 5) is 22.1. The molecule has 0 aliphatic rings. The fourth-order valence-corrected chi connectivity index (χ4v) is 0.222. The summed E-state index contributed by atoms with van der Waals surface area (Å²) in [7, 11) is 9.61. The number of hydrogen-bond acceptors (Lipinski definition) is 5. The van der Waals surface area contributed by atoms with Crippen LogP contribution in [0.15, 0.2) is 0 Å². The summed E-state index contributed by atoms with van der Waals surface area (Å²) < 4.78 is 4.20. The lowest BCUT2D eigenvalue weighted by Crippen LogP contribution is -2.30. The highest BCUT2D eigenvalue weighted by Gasteiger charge is 2.08. The van der Waals surface area contributed by atoms with Gasteiger partial charge in [0.2, 0.25) is 0 Å². The van der Waals surface area contributed by atoms with Gasteiger partial charge in [0.25, 0.3) is 0 Å². The molecule has 0 radical (unpaired) electrons. The van der Waals surface area contributed by atoms with E-state index in [1.807, 2.05) is 14.1 Å². The molecule has 0 aromatic heterocycles. The van der Waals surface area contributed by atoms with Crippen molar-refractivity contribution < 1.29 is 14.3 Å². The Hall–Kier alpha value is -1.34. The van der Waals surface area contributed by atoms with Crippen molar-refractivity contribution in [1.82, 2.24) is 15.5 Å². The van der Waals surface area contributed by atoms with E-state index < -0.39 is 12.2 Å². The number of hydrogen-bond donors (Lipinski definition) is 3. The van der Waals surface area contributed by atoms with Crippen LogP contribution in [0.1, 0.15) is 0 Å². The molecular weight excluding hydrogens is 200 g/mol. The van der Waals surface area contributed by atoms with E-state index in [4.69, 9.17) is 0 Å². The van der Waals surface area contributed by atoms with Gasteiger partial charge in [-0.2, -0.15) is 0 Å². The quantitative estimate of drug-likeness (QED) is 0.477. The zero-order valence-corrected chi connectivity index (χ0v) is 10.2. The van der Waals surface area contributed by atoms with Crippen molar-refractivity contribution in [2.75, 3.05) is 42.3 Å². The Morgan fingerprint density at radius 2 is 1.47 bits per heavy atom. The molecule has 4 N–H and O–H groups in total. The molecule has 0 spiro atoms. The Morgan fingerprint density at radius 1 is 1.13 bits per heavy atom. The highest BCUT2D eigenvalue weighted by atomic mass is 16.6. The van der Waals surface area contributed by atoms with E-state index in [1.165, 1.54) is 28.2 Å². The highest BCUT2D eigenvalue weighted by Crippen LogP contribution is 1.84. The molecule has 0 aliphatic carbocycles. The van der Waals surface area contributed by atoms with Gasteiger partial charge in [0, 0.05) is 21.1 Å². The van der Waals surface area contributed by atoms with Crippen molar-refractivity contribution in [2.24, 2.45) is 5.73 Å². The topological polar surface area (TPSA) is 96.7 Å². The molecule has 0 heterocycles. The third-order valence-corrected chi connectivity index (χ3v) is 0.749. The van der Waals surface area contributed by atoms with Gasteiger partial charge in [-0.1, -0.05) is 0 Å². The average Bonchev–Trinajstić information content (AvgIpc) is 2.21. The van der Waals surface area contributed by atoms with Crippen LogP contribution in [0.3, 0.4) is 0 Å². The highest BCUT2D eigenvalue weighted by molar-refractivity contribution is 5.82. The molecule has 0 rings (SSSR count). The van der Waals surface area contributed by atoms with Crippen LogP contribution in [0, 0.1) is 0 Å². The van der Waals surface area contributed by atoms with E-state index in [2.05, 4.69) is 21.1 Å². The van der Waals surface area contributed by atoms with Gasteiger partial charge in [0.15, 0.2) is 0 Å². The second-order valence-electron chi connectivity index (χ2n) is 2.30. The molecule has 0 aromatic carbocycles. The van der Waals surface area contributed by atoms with E-state index in [0.29, 0.717) is 0 Å². The van der Waals surface area contributed by atoms with Crippen molar-refractivity contribution in [2.45, 2.75) is 0 Å². The smallest absolute Gasteiger partial charge is 0.359 e. The van der Waals surface area contributed by atoms with Gasteiger partial charge in [-0.05, 0) is 21.1 Å². The summed E-state index contributed by atoms with van der Waals surface area (Å²) in [5.74, 6) is 0. The number of ether oxygens (including phenoxy) is 1. The number of nitrogens with one attached hydrogen (secondary N) is 2. The lowest BCUT2D eigenvalue weighted by Gasteiger charge is -2.07. The molecule has 2 amide bonds. The molecule has 0 fully saturated rings. The Balaban J connectivity index is -0.000000245. The Morgan fingerprint density at radius 3 is 1.67 bits per heavy atom. The molecule has 7 heteroatoms. The van der Waals surface area contributed by atoms with Crippen LogP contribution >= 0.6 is 0 Å². The molecule has 0 saturated heterocycles. The van der Waals surface area contributed by atoms with Gasteiger partial charge in [-0.25, -0.2) is 9.59 Å². The van der Waals surface area contributed by atoms with Gasteiger partial charge in [0.1, 0.15) is 0 Å². The zero-order valence-electron chi connectivity index (χ0n) is 10.2. The lowest BCUT2D eigenvalue weighted by molar-refractivity contribution is 0.132. The number of carbonyl (C=O) groups is 2. The summed E-state index contributed by atoms with van der Waals surface area (Å²) in [5, 5.41) is 4.89. The minimum atomic E-state index is -0.751. The van der Waals surface area contributed by atoms with Gasteiger partial charge in [0.05, 0.1) is 0 Å². The van der Waals surface area contributed by atoms with Crippen molar-refractivity contribution in [3.8, 4) is 0 Å². The monoisotopic (exact) mass is 222 g/mol. The number of amides is 2. The minimum Gasteiger partial charge on any atom is -0.359 e. The summed E-state index contributed by atoms with van der Waals surface area (Å²) in [6.45, 7) is 0. The Kier molecular flexibility index (Phi) is 19.5. The SMILES string of the molecule is CN.CNC.CNC(=O)OC(=O)N(C)C. The second kappa shape index (κ2) is 15.1. The number of alkyl carbamates (subject to hydrolysis) is 1. The van der Waals surface area contributed by atoms with Crippen molar-refractivity contribution in [3.63, 3.8) is 0 Å². The molecule has 92 valence electrons. The van der Waals surface area contributed by atoms with Crippen molar-refractivity contribution >= 4 is 12.2 Å². The maximum Gasteiger partial charge on any atom is 0.418 e. The van der Waals surface area contributed by atoms with E-state index >= 15 is 0 Å². The van der Waals surface area contributed by atoms with Gasteiger partial charge >= 0.3 is 12.2 Å². The zero-order chi connectivity index (χ0) is 12.9. The first-order valence-electron chi connectivity index (χ1n) is 4.26. The lowest BCUT2D eigenvalue weighted by atomic mass is 10.9. The standard InChI is InChI=1S/C5H10N2O3.C2H7N.CH5N/c1-6-4(8)10-5(9)7(2)3;1-3-2;1-2/h1-3H3,(H,6,8);3H,1-2H3;2H2,1H3. The third kappa shape index (κ3) is 19.2. The second-order valence-corrected chi connectivity index (χ2v) is 2.30. The van der Waals surface area contributed by atoms with Crippen LogP contribution in [-0.4, -0.2) is 59.4 Å². The first-order valence-corrected chi connectivity index (χ1v) is 4.26. The van der Waals surface area contributed by atoms with Crippen molar-refractivity contribution in [3.05, 3.63) is 0 Å². The first kappa shape index (κ1) is 19.3. The maximum atomic E-state index is 10.6. The Labute approximate surface area is 90.9 Å². The number of rotatable bonds is 0. The van der Waals surface area contributed by atoms with Crippen LogP contribution in [0.25, 0.3) is 0 Å². The predicted octanol–water partition coefficient (Wildman–Crippen LogP) is -0.565. The molecule has 0 aromatic rings. The molecular formula is C8H22N4O3. The van der Waals surface area contributed by atoms with Gasteiger partial charge in [-0.15, -0.1) is 0 Å². The minimum absolute atomic E-state index is 0.681. The molecule has 7 nitrogen and oxygen atoms in total. The molecule has 0 aliphatic heterocycles. The van der Waals surface area contributed by atoms with E-state index in [0.717, 1.165) is 4.90 Å². The van der Waals surface area contributed by atoms with Crippen LogP contribution in [0.4, 0.5) is 9.59 Å². The van der Waals surface area contributed by atoms with Gasteiger partial charge < -0.3 is 26.0 Å². The largest absolute Gasteiger partial charge is 0.418 e. The fraction of sp³-hybridized carbons (Fsp3) is 0.750. The number of nitrogens with zero attached hydrogens (tertiary/aromatic N) is 1. The van der Waals surface area contributed by atoms with E-state index in [1.54, 1.807) is 0 Å². The summed E-state index contributed by atoms with van der Waals surface area (Å²) in [6, 6.07) is 0. The molecule has 0 atom stereocenters. The first-order chi connectivity index (χ1) is 6.99. The van der Waals surface area contributed by atoms with Crippen LogP contribution in [0.5, 0.6) is 0 Å².